The number of unbranched alkanes of at least 4 members (excludes halogenated alkanes) is 13. The smallest absolute Gasteiger partial charge is 0.270 e. The lowest BCUT2D eigenvalue weighted by atomic mass is 10.0. The summed E-state index contributed by atoms with van der Waals surface area (Å²) in [6.07, 6.45) is 20.7. The molecule has 0 saturated carbocycles. The molecule has 0 bridgehead atoms. The fourth-order valence-electron chi connectivity index (χ4n) is 4.96. The van der Waals surface area contributed by atoms with Crippen molar-refractivity contribution in [3.05, 3.63) is 60.2 Å². The second-order valence-electron chi connectivity index (χ2n) is 10.1. The van der Waals surface area contributed by atoms with Crippen LogP contribution in [0.15, 0.2) is 48.7 Å². The summed E-state index contributed by atoms with van der Waals surface area (Å²) in [5, 5.41) is 3.08. The summed E-state index contributed by atoms with van der Waals surface area (Å²) in [4.78, 5) is 21.7. The van der Waals surface area contributed by atoms with Gasteiger partial charge in [0.05, 0.1) is 17.1 Å². The predicted molar refractivity (Wildman–Crippen MR) is 150 cm³/mol. The Labute approximate surface area is 218 Å². The van der Waals surface area contributed by atoms with E-state index in [9.17, 15) is 4.79 Å². The number of aryl methyl sites for hydroxylation is 1. The van der Waals surface area contributed by atoms with Crippen LogP contribution in [0.4, 0.5) is 0 Å². The van der Waals surface area contributed by atoms with Crippen LogP contribution in [0, 0.1) is 0 Å². The van der Waals surface area contributed by atoms with E-state index in [2.05, 4.69) is 33.9 Å². The zero-order chi connectivity index (χ0) is 25.4. The molecule has 196 valence electrons. The Morgan fingerprint density at radius 3 is 2.00 bits per heavy atom. The SMILES string of the molecule is CCCCCCCCCCCCCCCCn1c(C(C)NC(=O)c2ccccn2)nc2ccccc21. The number of aromatic nitrogens is 3. The van der Waals surface area contributed by atoms with Gasteiger partial charge in [0.2, 0.25) is 0 Å². The molecular formula is C31H46N4O. The number of imidazole rings is 1. The van der Waals surface area contributed by atoms with E-state index in [0.717, 1.165) is 29.8 Å². The van der Waals surface area contributed by atoms with Gasteiger partial charge < -0.3 is 9.88 Å². The molecule has 5 heteroatoms. The van der Waals surface area contributed by atoms with Crippen molar-refractivity contribution in [2.45, 2.75) is 116 Å². The number of amides is 1. The minimum atomic E-state index is -0.196. The standard InChI is InChI=1S/C31H46N4O/c1-3-4-5-6-7-8-9-10-11-12-13-14-15-20-25-35-29-23-17-16-21-27(29)34-30(35)26(2)33-31(36)28-22-18-19-24-32-28/h16-19,21-24,26H,3-15,20,25H2,1-2H3,(H,33,36). The van der Waals surface area contributed by atoms with Gasteiger partial charge >= 0.3 is 0 Å². The molecule has 2 aromatic heterocycles. The van der Waals surface area contributed by atoms with Crippen molar-refractivity contribution in [1.29, 1.82) is 0 Å². The van der Waals surface area contributed by atoms with Gasteiger partial charge in [-0.2, -0.15) is 0 Å². The lowest BCUT2D eigenvalue weighted by Gasteiger charge is -2.16. The van der Waals surface area contributed by atoms with E-state index in [4.69, 9.17) is 4.98 Å². The number of fused-ring (bicyclic) bond motifs is 1. The van der Waals surface area contributed by atoms with Crippen LogP contribution >= 0.6 is 0 Å². The maximum Gasteiger partial charge on any atom is 0.270 e. The number of nitrogens with one attached hydrogen (secondary N) is 1. The Bertz CT molecular complexity index is 1010. The minimum Gasteiger partial charge on any atom is -0.341 e. The van der Waals surface area contributed by atoms with Gasteiger partial charge in [-0.25, -0.2) is 4.98 Å². The Kier molecular flexibility index (Phi) is 12.5. The molecule has 1 atom stereocenters. The third-order valence-corrected chi connectivity index (χ3v) is 7.05. The molecule has 1 aromatic carbocycles. The fraction of sp³-hybridized carbons (Fsp3) is 0.581. The number of para-hydroxylation sites is 2. The van der Waals surface area contributed by atoms with Gasteiger partial charge in [-0.05, 0) is 37.6 Å². The van der Waals surface area contributed by atoms with Crippen LogP contribution in [0.3, 0.4) is 0 Å². The van der Waals surface area contributed by atoms with Crippen molar-refractivity contribution < 1.29 is 4.79 Å². The number of carbonyl (C=O) groups excluding carboxylic acids is 1. The lowest BCUT2D eigenvalue weighted by Crippen LogP contribution is -2.29. The highest BCUT2D eigenvalue weighted by Gasteiger charge is 2.19. The van der Waals surface area contributed by atoms with Gasteiger partial charge in [-0.3, -0.25) is 9.78 Å². The van der Waals surface area contributed by atoms with Crippen molar-refractivity contribution in [3.8, 4) is 0 Å². The van der Waals surface area contributed by atoms with E-state index < -0.39 is 0 Å². The van der Waals surface area contributed by atoms with Crippen LogP contribution in [0.25, 0.3) is 11.0 Å². The highest BCUT2D eigenvalue weighted by molar-refractivity contribution is 5.92. The average Bonchev–Trinajstić information content (AvgIpc) is 3.28. The first-order valence-corrected chi connectivity index (χ1v) is 14.4. The molecule has 5 nitrogen and oxygen atoms in total. The summed E-state index contributed by atoms with van der Waals surface area (Å²) in [6.45, 7) is 5.21. The van der Waals surface area contributed by atoms with Crippen LogP contribution in [0.2, 0.25) is 0 Å². The minimum absolute atomic E-state index is 0.168. The van der Waals surface area contributed by atoms with Crippen LogP contribution in [-0.4, -0.2) is 20.4 Å². The van der Waals surface area contributed by atoms with Crippen LogP contribution in [0.1, 0.15) is 126 Å². The van der Waals surface area contributed by atoms with Gasteiger partial charge in [0.1, 0.15) is 11.5 Å². The molecule has 0 saturated heterocycles. The summed E-state index contributed by atoms with van der Waals surface area (Å²) < 4.78 is 2.29. The number of hydrogen-bond acceptors (Lipinski definition) is 3. The first-order valence-electron chi connectivity index (χ1n) is 14.4. The summed E-state index contributed by atoms with van der Waals surface area (Å²) >= 11 is 0. The molecule has 2 heterocycles. The number of rotatable bonds is 18. The second-order valence-corrected chi connectivity index (χ2v) is 10.1. The van der Waals surface area contributed by atoms with Crippen LogP contribution < -0.4 is 5.32 Å². The number of carbonyl (C=O) groups is 1. The highest BCUT2D eigenvalue weighted by Crippen LogP contribution is 2.22. The largest absolute Gasteiger partial charge is 0.341 e. The molecule has 0 radical (unpaired) electrons. The molecule has 1 N–H and O–H groups in total. The van der Waals surface area contributed by atoms with E-state index in [1.54, 1.807) is 12.3 Å². The summed E-state index contributed by atoms with van der Waals surface area (Å²) in [5.74, 6) is 0.744. The highest BCUT2D eigenvalue weighted by atomic mass is 16.1. The molecule has 0 aliphatic rings. The third kappa shape index (κ3) is 9.07. The van der Waals surface area contributed by atoms with Crippen molar-refractivity contribution in [2.24, 2.45) is 0 Å². The van der Waals surface area contributed by atoms with Gasteiger partial charge in [0.15, 0.2) is 0 Å². The number of pyridine rings is 1. The molecule has 0 aliphatic heterocycles. The van der Waals surface area contributed by atoms with E-state index in [0.29, 0.717) is 5.69 Å². The Hall–Kier alpha value is -2.69. The van der Waals surface area contributed by atoms with E-state index >= 15 is 0 Å². The van der Waals surface area contributed by atoms with Gasteiger partial charge in [-0.1, -0.05) is 109 Å². The monoisotopic (exact) mass is 490 g/mol. The first-order chi connectivity index (χ1) is 17.7. The number of nitrogens with zero attached hydrogens (tertiary/aromatic N) is 3. The molecule has 0 aliphatic carbocycles. The molecule has 0 fully saturated rings. The molecule has 1 unspecified atom stereocenters. The molecule has 1 amide bonds. The summed E-state index contributed by atoms with van der Waals surface area (Å²) in [5.41, 5.74) is 2.55. The summed E-state index contributed by atoms with van der Waals surface area (Å²) in [7, 11) is 0. The van der Waals surface area contributed by atoms with E-state index in [1.807, 2.05) is 31.2 Å². The zero-order valence-electron chi connectivity index (χ0n) is 22.6. The zero-order valence-corrected chi connectivity index (χ0v) is 22.6. The molecule has 3 aromatic rings. The molecule has 0 spiro atoms. The fourth-order valence-corrected chi connectivity index (χ4v) is 4.96. The van der Waals surface area contributed by atoms with Gasteiger partial charge in [-0.15, -0.1) is 0 Å². The molecular weight excluding hydrogens is 444 g/mol. The molecule has 3 rings (SSSR count). The van der Waals surface area contributed by atoms with E-state index in [1.165, 1.54) is 83.5 Å². The topological polar surface area (TPSA) is 59.8 Å². The van der Waals surface area contributed by atoms with E-state index in [-0.39, 0.29) is 11.9 Å². The normalized spacial score (nSPS) is 12.2. The quantitative estimate of drug-likeness (QED) is 0.182. The predicted octanol–water partition coefficient (Wildman–Crippen LogP) is 8.40. The Morgan fingerprint density at radius 1 is 0.806 bits per heavy atom. The maximum absolute atomic E-state index is 12.6. The maximum atomic E-state index is 12.6. The molecule has 36 heavy (non-hydrogen) atoms. The number of benzene rings is 1. The average molecular weight is 491 g/mol. The van der Waals surface area contributed by atoms with Crippen molar-refractivity contribution in [2.75, 3.05) is 0 Å². The Balaban J connectivity index is 1.39. The van der Waals surface area contributed by atoms with Gasteiger partial charge in [0.25, 0.3) is 5.91 Å². The van der Waals surface area contributed by atoms with Crippen LogP contribution in [-0.2, 0) is 6.54 Å². The van der Waals surface area contributed by atoms with Gasteiger partial charge in [0, 0.05) is 12.7 Å². The lowest BCUT2D eigenvalue weighted by molar-refractivity contribution is 0.0932. The second kappa shape index (κ2) is 16.1. The third-order valence-electron chi connectivity index (χ3n) is 7.05. The first kappa shape index (κ1) is 27.9. The van der Waals surface area contributed by atoms with Crippen molar-refractivity contribution in [1.82, 2.24) is 19.9 Å². The number of hydrogen-bond donors (Lipinski definition) is 1. The van der Waals surface area contributed by atoms with Crippen LogP contribution in [0.5, 0.6) is 0 Å². The summed E-state index contributed by atoms with van der Waals surface area (Å²) in [6, 6.07) is 13.4. The van der Waals surface area contributed by atoms with Crippen molar-refractivity contribution >= 4 is 16.9 Å². The van der Waals surface area contributed by atoms with Crippen molar-refractivity contribution in [3.63, 3.8) is 0 Å². The Morgan fingerprint density at radius 2 is 1.39 bits per heavy atom.